The molecule has 4 nitrogen and oxygen atoms in total. The van der Waals surface area contributed by atoms with Gasteiger partial charge in [-0.15, -0.1) is 0 Å². The molecule has 0 aliphatic carbocycles. The lowest BCUT2D eigenvalue weighted by atomic mass is 10.1. The van der Waals surface area contributed by atoms with Crippen LogP contribution in [-0.2, 0) is 16.1 Å². The predicted octanol–water partition coefficient (Wildman–Crippen LogP) is 3.89. The van der Waals surface area contributed by atoms with Gasteiger partial charge >= 0.3 is 5.97 Å². The molecule has 0 radical (unpaired) electrons. The second kappa shape index (κ2) is 12.8. The molecule has 0 aliphatic rings. The third kappa shape index (κ3) is 10.6. The van der Waals surface area contributed by atoms with E-state index in [0.717, 1.165) is 64.4 Å². The molecule has 23 heavy (non-hydrogen) atoms. The summed E-state index contributed by atoms with van der Waals surface area (Å²) in [5.41, 5.74) is 1.31. The molecule has 0 aromatic heterocycles. The summed E-state index contributed by atoms with van der Waals surface area (Å²) in [6.45, 7) is 2.97. The van der Waals surface area contributed by atoms with E-state index < -0.39 is 5.97 Å². The summed E-state index contributed by atoms with van der Waals surface area (Å²) >= 11 is 0. The SMILES string of the molecule is O=CCCCCCN(CCCCCC(=O)O)Cc1ccccc1. The van der Waals surface area contributed by atoms with E-state index in [1.165, 1.54) is 5.56 Å². The van der Waals surface area contributed by atoms with Gasteiger partial charge in [0.1, 0.15) is 6.29 Å². The number of nitrogens with zero attached hydrogens (tertiary/aromatic N) is 1. The molecular weight excluding hydrogens is 290 g/mol. The molecule has 0 amide bonds. The fourth-order valence-electron chi connectivity index (χ4n) is 2.64. The van der Waals surface area contributed by atoms with Crippen LogP contribution in [0.15, 0.2) is 30.3 Å². The molecule has 1 N–H and O–H groups in total. The minimum Gasteiger partial charge on any atom is -0.481 e. The van der Waals surface area contributed by atoms with Crippen LogP contribution >= 0.6 is 0 Å². The van der Waals surface area contributed by atoms with Gasteiger partial charge < -0.3 is 9.90 Å². The fourth-order valence-corrected chi connectivity index (χ4v) is 2.64. The standard InChI is InChI=1S/C19H29NO3/c21-16-10-2-1-8-14-20(15-9-4-7-13-19(22)23)17-18-11-5-3-6-12-18/h3,5-6,11-12,16H,1-2,4,7-10,13-15,17H2,(H,22,23). The van der Waals surface area contributed by atoms with Crippen LogP contribution < -0.4 is 0 Å². The second-order valence-electron chi connectivity index (χ2n) is 5.98. The van der Waals surface area contributed by atoms with Crippen molar-refractivity contribution in [3.63, 3.8) is 0 Å². The van der Waals surface area contributed by atoms with E-state index in [0.29, 0.717) is 6.42 Å². The highest BCUT2D eigenvalue weighted by molar-refractivity contribution is 5.66. The Hall–Kier alpha value is -1.68. The van der Waals surface area contributed by atoms with Crippen LogP contribution in [0, 0.1) is 0 Å². The van der Waals surface area contributed by atoms with Crippen molar-refractivity contribution in [3.8, 4) is 0 Å². The molecule has 0 saturated carbocycles. The third-order valence-corrected chi connectivity index (χ3v) is 3.91. The van der Waals surface area contributed by atoms with Crippen molar-refractivity contribution in [1.29, 1.82) is 0 Å². The molecule has 0 atom stereocenters. The third-order valence-electron chi connectivity index (χ3n) is 3.91. The van der Waals surface area contributed by atoms with E-state index in [9.17, 15) is 9.59 Å². The largest absolute Gasteiger partial charge is 0.481 e. The molecule has 0 unspecified atom stereocenters. The average molecular weight is 319 g/mol. The van der Waals surface area contributed by atoms with Crippen LogP contribution in [0.4, 0.5) is 0 Å². The van der Waals surface area contributed by atoms with Gasteiger partial charge in [-0.2, -0.15) is 0 Å². The summed E-state index contributed by atoms with van der Waals surface area (Å²) in [4.78, 5) is 23.3. The molecule has 128 valence electrons. The molecule has 1 rings (SSSR count). The van der Waals surface area contributed by atoms with Gasteiger partial charge in [-0.1, -0.05) is 43.2 Å². The first-order valence-corrected chi connectivity index (χ1v) is 8.64. The van der Waals surface area contributed by atoms with E-state index in [2.05, 4.69) is 29.2 Å². The molecule has 0 bridgehead atoms. The Kier molecular flexibility index (Phi) is 10.8. The van der Waals surface area contributed by atoms with Crippen LogP contribution in [0.3, 0.4) is 0 Å². The smallest absolute Gasteiger partial charge is 0.303 e. The first-order valence-electron chi connectivity index (χ1n) is 8.64. The Morgan fingerprint density at radius 2 is 1.61 bits per heavy atom. The van der Waals surface area contributed by atoms with E-state index in [-0.39, 0.29) is 6.42 Å². The minimum absolute atomic E-state index is 0.268. The fraction of sp³-hybridized carbons (Fsp3) is 0.579. The molecule has 4 heteroatoms. The highest BCUT2D eigenvalue weighted by Gasteiger charge is 2.06. The summed E-state index contributed by atoms with van der Waals surface area (Å²) in [6.07, 6.45) is 7.84. The monoisotopic (exact) mass is 319 g/mol. The lowest BCUT2D eigenvalue weighted by Gasteiger charge is -2.22. The van der Waals surface area contributed by atoms with Gasteiger partial charge in [0, 0.05) is 19.4 Å². The molecule has 0 spiro atoms. The Labute approximate surface area is 139 Å². The molecule has 0 heterocycles. The number of benzene rings is 1. The van der Waals surface area contributed by atoms with Crippen molar-refractivity contribution in [2.45, 2.75) is 57.9 Å². The Bertz CT molecular complexity index is 434. The number of carbonyl (C=O) groups excluding carboxylic acids is 1. The summed E-state index contributed by atoms with van der Waals surface area (Å²) in [7, 11) is 0. The zero-order chi connectivity index (χ0) is 16.8. The van der Waals surface area contributed by atoms with Crippen LogP contribution in [0.1, 0.15) is 56.9 Å². The lowest BCUT2D eigenvalue weighted by Crippen LogP contribution is -2.25. The maximum Gasteiger partial charge on any atom is 0.303 e. The number of aldehydes is 1. The van der Waals surface area contributed by atoms with Crippen molar-refractivity contribution in [2.75, 3.05) is 13.1 Å². The van der Waals surface area contributed by atoms with Crippen LogP contribution in [0.2, 0.25) is 0 Å². The van der Waals surface area contributed by atoms with Crippen LogP contribution in [-0.4, -0.2) is 35.4 Å². The number of carboxylic acid groups (broad SMARTS) is 1. The van der Waals surface area contributed by atoms with Gasteiger partial charge in [-0.3, -0.25) is 9.69 Å². The van der Waals surface area contributed by atoms with Gasteiger partial charge in [0.25, 0.3) is 0 Å². The van der Waals surface area contributed by atoms with E-state index in [1.807, 2.05) is 6.07 Å². The number of unbranched alkanes of at least 4 members (excludes halogenated alkanes) is 5. The number of aliphatic carboxylic acids is 1. The maximum atomic E-state index is 10.5. The van der Waals surface area contributed by atoms with Gasteiger partial charge in [0.15, 0.2) is 0 Å². The van der Waals surface area contributed by atoms with Crippen molar-refractivity contribution in [3.05, 3.63) is 35.9 Å². The first-order chi connectivity index (χ1) is 11.2. The molecule has 0 saturated heterocycles. The summed E-state index contributed by atoms with van der Waals surface area (Å²) in [5, 5.41) is 8.67. The molecule has 0 aliphatic heterocycles. The summed E-state index contributed by atoms with van der Waals surface area (Å²) in [5.74, 6) is -0.707. The highest BCUT2D eigenvalue weighted by Crippen LogP contribution is 2.10. The maximum absolute atomic E-state index is 10.5. The van der Waals surface area contributed by atoms with Gasteiger partial charge in [-0.25, -0.2) is 0 Å². The summed E-state index contributed by atoms with van der Waals surface area (Å²) in [6, 6.07) is 10.4. The first kappa shape index (κ1) is 19.4. The van der Waals surface area contributed by atoms with Gasteiger partial charge in [0.05, 0.1) is 0 Å². The molecule has 1 aromatic carbocycles. The number of carbonyl (C=O) groups is 2. The predicted molar refractivity (Wildman–Crippen MR) is 92.4 cm³/mol. The van der Waals surface area contributed by atoms with Crippen molar-refractivity contribution < 1.29 is 14.7 Å². The molecule has 1 aromatic rings. The Morgan fingerprint density at radius 3 is 2.22 bits per heavy atom. The highest BCUT2D eigenvalue weighted by atomic mass is 16.4. The molecular formula is C19H29NO3. The van der Waals surface area contributed by atoms with E-state index in [4.69, 9.17) is 5.11 Å². The number of carboxylic acids is 1. The van der Waals surface area contributed by atoms with Crippen molar-refractivity contribution in [2.24, 2.45) is 0 Å². The van der Waals surface area contributed by atoms with Gasteiger partial charge in [-0.05, 0) is 44.3 Å². The average Bonchev–Trinajstić information content (AvgIpc) is 2.54. The van der Waals surface area contributed by atoms with Crippen LogP contribution in [0.25, 0.3) is 0 Å². The Morgan fingerprint density at radius 1 is 0.957 bits per heavy atom. The zero-order valence-corrected chi connectivity index (χ0v) is 14.0. The van der Waals surface area contributed by atoms with Gasteiger partial charge in [0.2, 0.25) is 0 Å². The topological polar surface area (TPSA) is 57.6 Å². The van der Waals surface area contributed by atoms with Crippen LogP contribution in [0.5, 0.6) is 0 Å². The lowest BCUT2D eigenvalue weighted by molar-refractivity contribution is -0.137. The normalized spacial score (nSPS) is 10.8. The number of rotatable bonds is 14. The van der Waals surface area contributed by atoms with E-state index >= 15 is 0 Å². The van der Waals surface area contributed by atoms with Crippen molar-refractivity contribution >= 4 is 12.3 Å². The Balaban J connectivity index is 2.31. The quantitative estimate of drug-likeness (QED) is 0.417. The number of hydrogen-bond acceptors (Lipinski definition) is 3. The van der Waals surface area contributed by atoms with Crippen molar-refractivity contribution in [1.82, 2.24) is 4.90 Å². The second-order valence-corrected chi connectivity index (χ2v) is 5.98. The molecule has 0 fully saturated rings. The van der Waals surface area contributed by atoms with E-state index in [1.54, 1.807) is 0 Å². The minimum atomic E-state index is -0.707. The number of hydrogen-bond donors (Lipinski definition) is 1. The summed E-state index contributed by atoms with van der Waals surface area (Å²) < 4.78 is 0. The zero-order valence-electron chi connectivity index (χ0n) is 14.0.